The Morgan fingerprint density at radius 2 is 1.67 bits per heavy atom. The van der Waals surface area contributed by atoms with E-state index in [1.807, 2.05) is 24.3 Å². The lowest BCUT2D eigenvalue weighted by Gasteiger charge is -2.24. The van der Waals surface area contributed by atoms with E-state index >= 15 is 0 Å². The molecule has 0 aliphatic heterocycles. The Balaban J connectivity index is 2.12. The predicted octanol–water partition coefficient (Wildman–Crippen LogP) is 3.92. The quantitative estimate of drug-likeness (QED) is 0.810. The van der Waals surface area contributed by atoms with Gasteiger partial charge in [-0.3, -0.25) is 9.10 Å². The normalized spacial score (nSPS) is 11.9. The van der Waals surface area contributed by atoms with Gasteiger partial charge in [-0.25, -0.2) is 12.8 Å². The third kappa shape index (κ3) is 5.79. The molecule has 0 saturated carbocycles. The van der Waals surface area contributed by atoms with Crippen molar-refractivity contribution in [2.75, 3.05) is 22.4 Å². The number of halogens is 1. The highest BCUT2D eigenvalue weighted by molar-refractivity contribution is 7.92. The maximum atomic E-state index is 13.1. The summed E-state index contributed by atoms with van der Waals surface area (Å²) in [5.41, 5.74) is 1.89. The molecule has 0 radical (unpaired) electrons. The van der Waals surface area contributed by atoms with Gasteiger partial charge < -0.3 is 5.32 Å². The summed E-state index contributed by atoms with van der Waals surface area (Å²) < 4.78 is 38.4. The zero-order valence-corrected chi connectivity index (χ0v) is 16.8. The molecule has 0 heterocycles. The molecule has 0 aromatic heterocycles. The number of carbonyl (C=O) groups excluding carboxylic acids is 1. The maximum absolute atomic E-state index is 13.1. The fraction of sp³-hybridized carbons (Fsp3) is 0.350. The summed E-state index contributed by atoms with van der Waals surface area (Å²) >= 11 is 0. The summed E-state index contributed by atoms with van der Waals surface area (Å²) in [6.45, 7) is 6.13. The Hall–Kier alpha value is -2.41. The van der Waals surface area contributed by atoms with Gasteiger partial charge in [0.1, 0.15) is 5.82 Å². The molecule has 2 rings (SSSR count). The first-order chi connectivity index (χ1) is 12.5. The van der Waals surface area contributed by atoms with E-state index in [4.69, 9.17) is 0 Å². The highest BCUT2D eigenvalue weighted by Crippen LogP contribution is 2.29. The van der Waals surface area contributed by atoms with Crippen LogP contribution in [0.2, 0.25) is 0 Å². The van der Waals surface area contributed by atoms with Crippen LogP contribution in [0.3, 0.4) is 0 Å². The van der Waals surface area contributed by atoms with Crippen LogP contribution < -0.4 is 9.62 Å². The van der Waals surface area contributed by atoms with Gasteiger partial charge in [0.15, 0.2) is 0 Å². The van der Waals surface area contributed by atoms with Crippen LogP contribution in [-0.2, 0) is 20.2 Å². The molecule has 146 valence electrons. The van der Waals surface area contributed by atoms with Crippen molar-refractivity contribution in [1.82, 2.24) is 0 Å². The van der Waals surface area contributed by atoms with E-state index in [9.17, 15) is 17.6 Å². The Kier molecular flexibility index (Phi) is 6.26. The molecule has 0 bridgehead atoms. The van der Waals surface area contributed by atoms with E-state index in [1.54, 1.807) is 0 Å². The first-order valence-electron chi connectivity index (χ1n) is 8.61. The van der Waals surface area contributed by atoms with E-state index in [0.29, 0.717) is 11.4 Å². The zero-order valence-electron chi connectivity index (χ0n) is 16.0. The smallest absolute Gasteiger partial charge is 0.232 e. The summed E-state index contributed by atoms with van der Waals surface area (Å²) in [4.78, 5) is 12.4. The van der Waals surface area contributed by atoms with Crippen molar-refractivity contribution in [3.63, 3.8) is 0 Å². The van der Waals surface area contributed by atoms with Crippen molar-refractivity contribution in [3.05, 3.63) is 59.9 Å². The van der Waals surface area contributed by atoms with Crippen LogP contribution in [-0.4, -0.2) is 27.1 Å². The fourth-order valence-electron chi connectivity index (χ4n) is 2.76. The molecule has 2 aromatic carbocycles. The molecular weight excluding hydrogens is 367 g/mol. The molecular formula is C20H25FN2O3S. The van der Waals surface area contributed by atoms with Gasteiger partial charge in [0.25, 0.3) is 0 Å². The van der Waals surface area contributed by atoms with Gasteiger partial charge in [-0.1, -0.05) is 39.0 Å². The van der Waals surface area contributed by atoms with Gasteiger partial charge in [-0.05, 0) is 41.3 Å². The van der Waals surface area contributed by atoms with Crippen LogP contribution in [0.1, 0.15) is 32.8 Å². The minimum Gasteiger partial charge on any atom is -0.326 e. The van der Waals surface area contributed by atoms with Gasteiger partial charge >= 0.3 is 0 Å². The Labute approximate surface area is 160 Å². The van der Waals surface area contributed by atoms with E-state index in [2.05, 4.69) is 26.1 Å². The number of para-hydroxylation sites is 1. The lowest BCUT2D eigenvalue weighted by Crippen LogP contribution is -2.33. The molecule has 0 spiro atoms. The third-order valence-electron chi connectivity index (χ3n) is 4.07. The molecule has 1 N–H and O–H groups in total. The second kappa shape index (κ2) is 8.08. The van der Waals surface area contributed by atoms with E-state index in [0.717, 1.165) is 16.1 Å². The minimum absolute atomic E-state index is 0.0249. The monoisotopic (exact) mass is 392 g/mol. The van der Waals surface area contributed by atoms with Crippen molar-refractivity contribution in [3.8, 4) is 0 Å². The highest BCUT2D eigenvalue weighted by Gasteiger charge is 2.21. The van der Waals surface area contributed by atoms with Crippen LogP contribution in [0, 0.1) is 5.82 Å². The lowest BCUT2D eigenvalue weighted by molar-refractivity contribution is -0.116. The average Bonchev–Trinajstić information content (AvgIpc) is 2.55. The number of nitrogens with zero attached hydrogens (tertiary/aromatic N) is 1. The number of benzene rings is 2. The van der Waals surface area contributed by atoms with Crippen molar-refractivity contribution < 1.29 is 17.6 Å². The number of nitrogens with one attached hydrogen (secondary N) is 1. The molecule has 5 nitrogen and oxygen atoms in total. The van der Waals surface area contributed by atoms with E-state index in [1.165, 1.54) is 24.3 Å². The van der Waals surface area contributed by atoms with Gasteiger partial charge in [0, 0.05) is 18.7 Å². The van der Waals surface area contributed by atoms with Crippen LogP contribution in [0.25, 0.3) is 0 Å². The lowest BCUT2D eigenvalue weighted by atomic mass is 9.86. The van der Waals surface area contributed by atoms with Crippen LogP contribution in [0.15, 0.2) is 48.5 Å². The topological polar surface area (TPSA) is 66.5 Å². The number of carbonyl (C=O) groups is 1. The minimum atomic E-state index is -3.60. The maximum Gasteiger partial charge on any atom is 0.232 e. The SMILES string of the molecule is CC(C)(C)c1ccccc1NC(=O)CCN(c1ccc(F)cc1)S(C)(=O)=O. The molecule has 0 unspecified atom stereocenters. The van der Waals surface area contributed by atoms with Gasteiger partial charge in [0.2, 0.25) is 15.9 Å². The number of rotatable bonds is 6. The Bertz CT molecular complexity index is 904. The number of hydrogen-bond acceptors (Lipinski definition) is 3. The first-order valence-corrected chi connectivity index (χ1v) is 10.5. The molecule has 0 atom stereocenters. The van der Waals surface area contributed by atoms with Gasteiger partial charge in [0.05, 0.1) is 11.9 Å². The number of hydrogen-bond donors (Lipinski definition) is 1. The highest BCUT2D eigenvalue weighted by atomic mass is 32.2. The number of sulfonamides is 1. The summed E-state index contributed by atoms with van der Waals surface area (Å²) in [6.07, 6.45) is 1.03. The predicted molar refractivity (Wildman–Crippen MR) is 107 cm³/mol. The molecule has 2 aromatic rings. The van der Waals surface area contributed by atoms with Crippen molar-refractivity contribution in [1.29, 1.82) is 0 Å². The standard InChI is InChI=1S/C20H25FN2O3S/c1-20(2,3)17-7-5-6-8-18(17)22-19(24)13-14-23(27(4,25)26)16-11-9-15(21)10-12-16/h5-12H,13-14H2,1-4H3,(H,22,24). The van der Waals surface area contributed by atoms with Crippen LogP contribution in [0.4, 0.5) is 15.8 Å². The second-order valence-electron chi connectivity index (χ2n) is 7.41. The molecule has 0 aliphatic carbocycles. The Morgan fingerprint density at radius 3 is 2.22 bits per heavy atom. The van der Waals surface area contributed by atoms with E-state index < -0.39 is 15.8 Å². The molecule has 27 heavy (non-hydrogen) atoms. The van der Waals surface area contributed by atoms with Gasteiger partial charge in [-0.2, -0.15) is 0 Å². The zero-order chi connectivity index (χ0) is 20.2. The van der Waals surface area contributed by atoms with Crippen molar-refractivity contribution >= 4 is 27.3 Å². The fourth-order valence-corrected chi connectivity index (χ4v) is 3.68. The summed E-state index contributed by atoms with van der Waals surface area (Å²) in [6, 6.07) is 12.7. The summed E-state index contributed by atoms with van der Waals surface area (Å²) in [5, 5.41) is 2.86. The van der Waals surface area contributed by atoms with Crippen molar-refractivity contribution in [2.24, 2.45) is 0 Å². The molecule has 7 heteroatoms. The van der Waals surface area contributed by atoms with Gasteiger partial charge in [-0.15, -0.1) is 0 Å². The summed E-state index contributed by atoms with van der Waals surface area (Å²) in [5.74, 6) is -0.744. The van der Waals surface area contributed by atoms with E-state index in [-0.39, 0.29) is 24.3 Å². The molecule has 0 aliphatic rings. The number of amides is 1. The first kappa shape index (κ1) is 20.9. The van der Waals surface area contributed by atoms with Crippen LogP contribution >= 0.6 is 0 Å². The second-order valence-corrected chi connectivity index (χ2v) is 9.31. The Morgan fingerprint density at radius 1 is 1.07 bits per heavy atom. The third-order valence-corrected chi connectivity index (χ3v) is 5.26. The summed E-state index contributed by atoms with van der Waals surface area (Å²) in [7, 11) is -3.60. The van der Waals surface area contributed by atoms with Crippen molar-refractivity contribution in [2.45, 2.75) is 32.6 Å². The molecule has 0 saturated heterocycles. The number of anilines is 2. The molecule has 1 amide bonds. The molecule has 0 fully saturated rings. The largest absolute Gasteiger partial charge is 0.326 e. The van der Waals surface area contributed by atoms with Crippen LogP contribution in [0.5, 0.6) is 0 Å². The average molecular weight is 392 g/mol.